The first-order chi connectivity index (χ1) is 7.31. The summed E-state index contributed by atoms with van der Waals surface area (Å²) in [7, 11) is 0. The van der Waals surface area contributed by atoms with E-state index in [-0.39, 0.29) is 0 Å². The number of hydrogen-bond acceptors (Lipinski definition) is 2. The highest BCUT2D eigenvalue weighted by Crippen LogP contribution is 2.32. The minimum absolute atomic E-state index is 0.743. The molecule has 0 spiro atoms. The highest BCUT2D eigenvalue weighted by atomic mass is 16.4. The fourth-order valence-electron chi connectivity index (χ4n) is 2.38. The molecule has 0 amide bonds. The normalized spacial score (nSPS) is 16.5. The second-order valence-electron chi connectivity index (χ2n) is 3.99. The zero-order valence-electron chi connectivity index (χ0n) is 8.49. The third kappa shape index (κ3) is 1.02. The second kappa shape index (κ2) is 2.83. The molecule has 2 aromatic carbocycles. The lowest BCUT2D eigenvalue weighted by molar-refractivity contribution is 0.318. The van der Waals surface area contributed by atoms with Crippen molar-refractivity contribution in [3.63, 3.8) is 0 Å². The number of aryl methyl sites for hydroxylation is 1. The summed E-state index contributed by atoms with van der Waals surface area (Å²) in [4.78, 5) is 0. The number of oxime groups is 1. The van der Waals surface area contributed by atoms with E-state index in [4.69, 9.17) is 5.21 Å². The lowest BCUT2D eigenvalue weighted by atomic mass is 10.0. The molecule has 0 saturated carbocycles. The summed E-state index contributed by atoms with van der Waals surface area (Å²) in [6.45, 7) is 2.11. The average molecular weight is 197 g/mol. The van der Waals surface area contributed by atoms with Gasteiger partial charge in [0.05, 0.1) is 5.71 Å². The summed E-state index contributed by atoms with van der Waals surface area (Å²) in [5.74, 6) is 0. The molecule has 2 nitrogen and oxygen atoms in total. The van der Waals surface area contributed by atoms with Crippen LogP contribution in [0.15, 0.2) is 35.5 Å². The van der Waals surface area contributed by atoms with Gasteiger partial charge in [-0.05, 0) is 28.8 Å². The highest BCUT2D eigenvalue weighted by Gasteiger charge is 2.20. The molecule has 0 aromatic heterocycles. The highest BCUT2D eigenvalue weighted by molar-refractivity contribution is 6.18. The van der Waals surface area contributed by atoms with Crippen LogP contribution in [0.5, 0.6) is 0 Å². The molecule has 0 radical (unpaired) electrons. The van der Waals surface area contributed by atoms with Crippen LogP contribution in [0.2, 0.25) is 0 Å². The summed E-state index contributed by atoms with van der Waals surface area (Å²) in [5, 5.41) is 14.8. The molecular formula is C13H11NO. The van der Waals surface area contributed by atoms with Gasteiger partial charge in [0.2, 0.25) is 0 Å². The molecule has 0 aliphatic heterocycles. The van der Waals surface area contributed by atoms with Crippen LogP contribution in [0.1, 0.15) is 16.7 Å². The first-order valence-corrected chi connectivity index (χ1v) is 5.04. The minimum atomic E-state index is 0.743. The maximum absolute atomic E-state index is 8.95. The Balaban J connectivity index is 2.51. The van der Waals surface area contributed by atoms with Gasteiger partial charge in [0.25, 0.3) is 0 Å². The van der Waals surface area contributed by atoms with Crippen molar-refractivity contribution in [1.29, 1.82) is 0 Å². The molecule has 1 N–H and O–H groups in total. The van der Waals surface area contributed by atoms with Crippen molar-refractivity contribution in [3.8, 4) is 0 Å². The van der Waals surface area contributed by atoms with Crippen LogP contribution in [0.3, 0.4) is 0 Å². The van der Waals surface area contributed by atoms with Crippen molar-refractivity contribution >= 4 is 16.5 Å². The molecule has 0 saturated heterocycles. The lowest BCUT2D eigenvalue weighted by Gasteiger charge is -2.03. The molecular weight excluding hydrogens is 186 g/mol. The Morgan fingerprint density at radius 1 is 1.20 bits per heavy atom. The molecule has 2 heteroatoms. The number of benzene rings is 2. The first-order valence-electron chi connectivity index (χ1n) is 5.04. The van der Waals surface area contributed by atoms with E-state index in [0.29, 0.717) is 0 Å². The molecule has 0 unspecified atom stereocenters. The molecule has 1 aliphatic carbocycles. The van der Waals surface area contributed by atoms with Crippen molar-refractivity contribution in [2.75, 3.05) is 0 Å². The summed E-state index contributed by atoms with van der Waals surface area (Å²) < 4.78 is 0. The van der Waals surface area contributed by atoms with Gasteiger partial charge in [-0.3, -0.25) is 0 Å². The topological polar surface area (TPSA) is 32.6 Å². The Morgan fingerprint density at radius 2 is 2.07 bits per heavy atom. The Hall–Kier alpha value is -1.83. The van der Waals surface area contributed by atoms with Crippen LogP contribution in [0, 0.1) is 6.92 Å². The van der Waals surface area contributed by atoms with E-state index in [1.807, 2.05) is 12.1 Å². The molecule has 0 fully saturated rings. The van der Waals surface area contributed by atoms with Gasteiger partial charge in [0, 0.05) is 12.0 Å². The predicted molar refractivity (Wildman–Crippen MR) is 60.7 cm³/mol. The Labute approximate surface area is 87.8 Å². The number of rotatable bonds is 0. The van der Waals surface area contributed by atoms with Crippen molar-refractivity contribution < 1.29 is 5.21 Å². The maximum Gasteiger partial charge on any atom is 0.0918 e. The first kappa shape index (κ1) is 8.48. The zero-order valence-corrected chi connectivity index (χ0v) is 8.49. The third-order valence-corrected chi connectivity index (χ3v) is 3.13. The molecule has 3 rings (SSSR count). The van der Waals surface area contributed by atoms with Crippen molar-refractivity contribution in [1.82, 2.24) is 0 Å². The molecule has 15 heavy (non-hydrogen) atoms. The van der Waals surface area contributed by atoms with E-state index in [1.165, 1.54) is 21.9 Å². The molecule has 2 aromatic rings. The minimum Gasteiger partial charge on any atom is -0.411 e. The second-order valence-corrected chi connectivity index (χ2v) is 3.99. The van der Waals surface area contributed by atoms with Crippen molar-refractivity contribution in [2.24, 2.45) is 5.16 Å². The van der Waals surface area contributed by atoms with E-state index in [1.54, 1.807) is 0 Å². The fraction of sp³-hybridized carbons (Fsp3) is 0.154. The predicted octanol–water partition coefficient (Wildman–Crippen LogP) is 2.88. The van der Waals surface area contributed by atoms with E-state index in [2.05, 4.69) is 30.3 Å². The van der Waals surface area contributed by atoms with E-state index in [9.17, 15) is 0 Å². The summed E-state index contributed by atoms with van der Waals surface area (Å²) >= 11 is 0. The third-order valence-electron chi connectivity index (χ3n) is 3.13. The monoisotopic (exact) mass is 197 g/mol. The van der Waals surface area contributed by atoms with Gasteiger partial charge in [-0.1, -0.05) is 35.5 Å². The van der Waals surface area contributed by atoms with Gasteiger partial charge < -0.3 is 5.21 Å². The SMILES string of the molecule is Cc1ccc2c3c(cccc13)C(=NO)C2. The van der Waals surface area contributed by atoms with Gasteiger partial charge in [-0.15, -0.1) is 0 Å². The lowest BCUT2D eigenvalue weighted by Crippen LogP contribution is -1.96. The molecule has 0 atom stereocenters. The van der Waals surface area contributed by atoms with Crippen LogP contribution in [0.25, 0.3) is 10.8 Å². The Morgan fingerprint density at radius 3 is 2.87 bits per heavy atom. The van der Waals surface area contributed by atoms with E-state index >= 15 is 0 Å². The van der Waals surface area contributed by atoms with Crippen LogP contribution in [0.4, 0.5) is 0 Å². The Kier molecular flexibility index (Phi) is 1.60. The maximum atomic E-state index is 8.95. The molecule has 0 heterocycles. The fourth-order valence-corrected chi connectivity index (χ4v) is 2.38. The number of hydrogen-bond donors (Lipinski definition) is 1. The van der Waals surface area contributed by atoms with Crippen LogP contribution in [-0.2, 0) is 6.42 Å². The quantitative estimate of drug-likeness (QED) is 0.511. The smallest absolute Gasteiger partial charge is 0.0918 e. The van der Waals surface area contributed by atoms with E-state index in [0.717, 1.165) is 17.7 Å². The largest absolute Gasteiger partial charge is 0.411 e. The van der Waals surface area contributed by atoms with Crippen LogP contribution >= 0.6 is 0 Å². The summed E-state index contributed by atoms with van der Waals surface area (Å²) in [6, 6.07) is 10.4. The molecule has 74 valence electrons. The standard InChI is InChI=1S/C13H11NO/c1-8-5-6-9-7-12(14-15)11-4-2-3-10(8)13(9)11/h2-6,15H,7H2,1H3. The van der Waals surface area contributed by atoms with Gasteiger partial charge in [-0.2, -0.15) is 0 Å². The zero-order chi connectivity index (χ0) is 10.4. The number of nitrogens with zero attached hydrogens (tertiary/aromatic N) is 1. The van der Waals surface area contributed by atoms with Crippen molar-refractivity contribution in [2.45, 2.75) is 13.3 Å². The molecule has 1 aliphatic rings. The van der Waals surface area contributed by atoms with Gasteiger partial charge in [0.1, 0.15) is 0 Å². The van der Waals surface area contributed by atoms with E-state index < -0.39 is 0 Å². The van der Waals surface area contributed by atoms with Gasteiger partial charge >= 0.3 is 0 Å². The average Bonchev–Trinajstić information content (AvgIpc) is 2.64. The van der Waals surface area contributed by atoms with Gasteiger partial charge in [0.15, 0.2) is 0 Å². The van der Waals surface area contributed by atoms with Gasteiger partial charge in [-0.25, -0.2) is 0 Å². The summed E-state index contributed by atoms with van der Waals surface area (Å²) in [5.41, 5.74) is 4.39. The molecule has 0 bridgehead atoms. The summed E-state index contributed by atoms with van der Waals surface area (Å²) in [6.07, 6.45) is 0.743. The Bertz CT molecular complexity index is 584. The van der Waals surface area contributed by atoms with Crippen molar-refractivity contribution in [3.05, 3.63) is 47.0 Å². The van der Waals surface area contributed by atoms with Crippen LogP contribution < -0.4 is 0 Å². The van der Waals surface area contributed by atoms with Crippen LogP contribution in [-0.4, -0.2) is 10.9 Å².